The molecule has 0 spiro atoms. The van der Waals surface area contributed by atoms with Gasteiger partial charge in [0.15, 0.2) is 0 Å². The molecule has 2 saturated heterocycles. The van der Waals surface area contributed by atoms with Gasteiger partial charge < -0.3 is 14.7 Å². The molecule has 2 fully saturated rings. The van der Waals surface area contributed by atoms with E-state index in [-0.39, 0.29) is 12.3 Å². The number of carboxylic acid groups (broad SMARTS) is 1. The Kier molecular flexibility index (Phi) is 7.15. The van der Waals surface area contributed by atoms with Gasteiger partial charge in [-0.15, -0.1) is 11.8 Å². The monoisotopic (exact) mass is 388 g/mol. The van der Waals surface area contributed by atoms with E-state index >= 15 is 0 Å². The highest BCUT2D eigenvalue weighted by molar-refractivity contribution is 8.26. The first-order valence-electron chi connectivity index (χ1n) is 7.48. The fourth-order valence-electron chi connectivity index (χ4n) is 2.31. The van der Waals surface area contributed by atoms with Crippen LogP contribution in [-0.4, -0.2) is 70.2 Å². The maximum absolute atomic E-state index is 12.5. The third-order valence-electron chi connectivity index (χ3n) is 3.58. The van der Waals surface area contributed by atoms with E-state index in [2.05, 4.69) is 0 Å². The third-order valence-corrected chi connectivity index (χ3v) is 6.21. The molecule has 6 nitrogen and oxygen atoms in total. The summed E-state index contributed by atoms with van der Waals surface area (Å²) in [5, 5.41) is 9.85. The lowest BCUT2D eigenvalue weighted by molar-refractivity contribution is -0.137. The summed E-state index contributed by atoms with van der Waals surface area (Å²) >= 11 is 8.27. The second-order valence-corrected chi connectivity index (χ2v) is 8.05. The number of amides is 1. The Morgan fingerprint density at radius 3 is 2.88 bits per heavy atom. The number of carboxylic acids is 1. The highest BCUT2D eigenvalue weighted by atomic mass is 32.2. The van der Waals surface area contributed by atoms with Crippen LogP contribution in [0, 0.1) is 0 Å². The van der Waals surface area contributed by atoms with Crippen molar-refractivity contribution in [1.82, 2.24) is 9.80 Å². The molecule has 0 unspecified atom stereocenters. The van der Waals surface area contributed by atoms with E-state index in [9.17, 15) is 9.59 Å². The highest BCUT2D eigenvalue weighted by Crippen LogP contribution is 2.36. The minimum atomic E-state index is -0.804. The summed E-state index contributed by atoms with van der Waals surface area (Å²) in [6.45, 7) is 4.10. The largest absolute Gasteiger partial charge is 0.481 e. The lowest BCUT2D eigenvalue weighted by Gasteiger charge is -2.18. The van der Waals surface area contributed by atoms with Gasteiger partial charge in [-0.25, -0.2) is 0 Å². The quantitative estimate of drug-likeness (QED) is 0.525. The van der Waals surface area contributed by atoms with Gasteiger partial charge in [0.2, 0.25) is 0 Å². The van der Waals surface area contributed by atoms with E-state index in [4.69, 9.17) is 22.1 Å². The minimum Gasteiger partial charge on any atom is -0.481 e. The average Bonchev–Trinajstić information content (AvgIpc) is 3.08. The number of carbonyl (C=O) groups excluding carboxylic acids is 1. The van der Waals surface area contributed by atoms with Crippen molar-refractivity contribution in [3.8, 4) is 0 Å². The van der Waals surface area contributed by atoms with Crippen LogP contribution in [0.25, 0.3) is 0 Å². The van der Waals surface area contributed by atoms with Crippen LogP contribution in [0.3, 0.4) is 0 Å². The van der Waals surface area contributed by atoms with Crippen molar-refractivity contribution in [2.75, 3.05) is 39.1 Å². The lowest BCUT2D eigenvalue weighted by atomic mass is 10.2. The maximum Gasteiger partial charge on any atom is 0.305 e. The molecular formula is C15H20N2O4S3. The topological polar surface area (TPSA) is 70.1 Å². The first-order valence-corrected chi connectivity index (χ1v) is 9.69. The summed E-state index contributed by atoms with van der Waals surface area (Å²) in [4.78, 5) is 27.5. The molecule has 24 heavy (non-hydrogen) atoms. The molecule has 132 valence electrons. The van der Waals surface area contributed by atoms with Gasteiger partial charge in [0.25, 0.3) is 5.91 Å². The maximum atomic E-state index is 12.5. The van der Waals surface area contributed by atoms with Gasteiger partial charge in [0.1, 0.15) is 4.32 Å². The van der Waals surface area contributed by atoms with Crippen molar-refractivity contribution in [2.45, 2.75) is 13.3 Å². The van der Waals surface area contributed by atoms with Crippen LogP contribution in [0.2, 0.25) is 0 Å². The van der Waals surface area contributed by atoms with Crippen LogP contribution in [0.4, 0.5) is 0 Å². The standard InChI is InChI=1S/C15H20N2O4S3/c1-10(9-11-16(6-8-23-11)4-3-12(18)19)13-14(20)17(5-7-21-2)15(22)24-13/h9H,3-8H2,1-2H3,(H,18,19)/b11-9+,13-10+. The molecule has 0 aromatic carbocycles. The smallest absolute Gasteiger partial charge is 0.305 e. The third kappa shape index (κ3) is 4.75. The Labute approximate surface area is 155 Å². The zero-order valence-electron chi connectivity index (χ0n) is 13.6. The van der Waals surface area contributed by atoms with Gasteiger partial charge in [-0.3, -0.25) is 14.5 Å². The van der Waals surface area contributed by atoms with Gasteiger partial charge >= 0.3 is 5.97 Å². The summed E-state index contributed by atoms with van der Waals surface area (Å²) in [6, 6.07) is 0. The zero-order valence-corrected chi connectivity index (χ0v) is 16.1. The number of carbonyl (C=O) groups is 2. The van der Waals surface area contributed by atoms with E-state index in [1.807, 2.05) is 17.9 Å². The second kappa shape index (κ2) is 8.89. The van der Waals surface area contributed by atoms with Gasteiger partial charge in [0, 0.05) is 26.0 Å². The molecule has 0 saturated carbocycles. The molecule has 2 aliphatic heterocycles. The molecule has 2 heterocycles. The molecule has 0 aromatic rings. The molecular weight excluding hydrogens is 368 g/mol. The van der Waals surface area contributed by atoms with E-state index in [1.54, 1.807) is 23.8 Å². The normalized spacial score (nSPS) is 22.0. The second-order valence-electron chi connectivity index (χ2n) is 5.29. The molecule has 0 radical (unpaired) electrons. The van der Waals surface area contributed by atoms with Crippen molar-refractivity contribution >= 4 is 51.9 Å². The van der Waals surface area contributed by atoms with E-state index in [0.717, 1.165) is 22.9 Å². The Balaban J connectivity index is 2.13. The summed E-state index contributed by atoms with van der Waals surface area (Å²) < 4.78 is 5.56. The van der Waals surface area contributed by atoms with Gasteiger partial charge in [-0.05, 0) is 18.6 Å². The average molecular weight is 389 g/mol. The number of nitrogens with zero attached hydrogens (tertiary/aromatic N) is 2. The molecule has 0 aromatic heterocycles. The SMILES string of the molecule is COCCN1C(=O)/C(=C(C)\C=C2\SCCN2CCC(=O)O)SC1=S. The van der Waals surface area contributed by atoms with Gasteiger partial charge in [0.05, 0.1) is 29.5 Å². The molecule has 0 atom stereocenters. The summed E-state index contributed by atoms with van der Waals surface area (Å²) in [7, 11) is 1.59. The van der Waals surface area contributed by atoms with E-state index in [1.165, 1.54) is 11.8 Å². The summed E-state index contributed by atoms with van der Waals surface area (Å²) in [6.07, 6.45) is 2.07. The Hall–Kier alpha value is -1.03. The van der Waals surface area contributed by atoms with Gasteiger partial charge in [-0.1, -0.05) is 24.0 Å². The van der Waals surface area contributed by atoms with E-state index < -0.39 is 5.97 Å². The number of thiocarbonyl (C=S) groups is 1. The van der Waals surface area contributed by atoms with Crippen LogP contribution in [0.15, 0.2) is 21.6 Å². The lowest BCUT2D eigenvalue weighted by Crippen LogP contribution is -2.31. The fourth-order valence-corrected chi connectivity index (χ4v) is 4.76. The number of methoxy groups -OCH3 is 1. The van der Waals surface area contributed by atoms with Crippen LogP contribution >= 0.6 is 35.7 Å². The van der Waals surface area contributed by atoms with Gasteiger partial charge in [-0.2, -0.15) is 0 Å². The molecule has 0 bridgehead atoms. The molecule has 9 heteroatoms. The molecule has 0 aliphatic carbocycles. The highest BCUT2D eigenvalue weighted by Gasteiger charge is 2.33. The fraction of sp³-hybridized carbons (Fsp3) is 0.533. The predicted molar refractivity (Wildman–Crippen MR) is 101 cm³/mol. The predicted octanol–water partition coefficient (Wildman–Crippen LogP) is 2.13. The van der Waals surface area contributed by atoms with E-state index in [0.29, 0.717) is 28.9 Å². The summed E-state index contributed by atoms with van der Waals surface area (Å²) in [5.41, 5.74) is 0.858. The summed E-state index contributed by atoms with van der Waals surface area (Å²) in [5.74, 6) is 0.0338. The molecule has 2 aliphatic rings. The van der Waals surface area contributed by atoms with Crippen molar-refractivity contribution in [3.05, 3.63) is 21.6 Å². The van der Waals surface area contributed by atoms with Crippen LogP contribution in [0.1, 0.15) is 13.3 Å². The van der Waals surface area contributed by atoms with Crippen molar-refractivity contribution in [2.24, 2.45) is 0 Å². The zero-order chi connectivity index (χ0) is 17.7. The Bertz CT molecular complexity index is 604. The first kappa shape index (κ1) is 19.3. The van der Waals surface area contributed by atoms with Crippen molar-refractivity contribution < 1.29 is 19.4 Å². The van der Waals surface area contributed by atoms with Crippen LogP contribution in [0.5, 0.6) is 0 Å². The minimum absolute atomic E-state index is 0.0866. The number of rotatable bonds is 7. The number of aliphatic carboxylic acids is 1. The molecule has 1 amide bonds. The first-order chi connectivity index (χ1) is 11.4. The van der Waals surface area contributed by atoms with Crippen molar-refractivity contribution in [1.29, 1.82) is 0 Å². The Morgan fingerprint density at radius 2 is 2.21 bits per heavy atom. The van der Waals surface area contributed by atoms with Crippen molar-refractivity contribution in [3.63, 3.8) is 0 Å². The number of hydrogen-bond donors (Lipinski definition) is 1. The molecule has 1 N–H and O–H groups in total. The number of ether oxygens (including phenoxy) is 1. The Morgan fingerprint density at radius 1 is 1.46 bits per heavy atom. The van der Waals surface area contributed by atoms with Crippen LogP contribution in [-0.2, 0) is 14.3 Å². The van der Waals surface area contributed by atoms with Crippen LogP contribution < -0.4 is 0 Å². The molecule has 2 rings (SSSR count). The number of hydrogen-bond acceptors (Lipinski definition) is 7. The number of thioether (sulfide) groups is 2. The number of allylic oxidation sites excluding steroid dienone is 2.